The molecule has 0 saturated heterocycles. The molecule has 17 heavy (non-hydrogen) atoms. The van der Waals surface area contributed by atoms with Gasteiger partial charge < -0.3 is 4.74 Å². The smallest absolute Gasteiger partial charge is 0.153 e. The summed E-state index contributed by atoms with van der Waals surface area (Å²) in [5, 5.41) is 0. The van der Waals surface area contributed by atoms with Gasteiger partial charge in [0.15, 0.2) is 6.29 Å². The summed E-state index contributed by atoms with van der Waals surface area (Å²) >= 11 is 0. The van der Waals surface area contributed by atoms with E-state index in [2.05, 4.69) is 13.8 Å². The molecule has 0 spiro atoms. The van der Waals surface area contributed by atoms with Crippen molar-refractivity contribution in [1.29, 1.82) is 0 Å². The minimum atomic E-state index is 0.174. The van der Waals surface area contributed by atoms with Crippen LogP contribution in [0.1, 0.15) is 56.3 Å². The maximum Gasteiger partial charge on any atom is 0.153 e. The largest absolute Gasteiger partial charge is 0.490 e. The highest BCUT2D eigenvalue weighted by molar-refractivity contribution is 5.79. The third-order valence-electron chi connectivity index (χ3n) is 2.84. The summed E-state index contributed by atoms with van der Waals surface area (Å²) in [5.41, 5.74) is 0.632. The zero-order chi connectivity index (χ0) is 12.5. The third kappa shape index (κ3) is 5.03. The molecule has 2 nitrogen and oxygen atoms in total. The molecule has 0 aliphatic heterocycles. The molecule has 0 saturated carbocycles. The quantitative estimate of drug-likeness (QED) is 0.497. The highest BCUT2D eigenvalue weighted by Gasteiger charge is 2.07. The van der Waals surface area contributed by atoms with E-state index in [0.717, 1.165) is 12.7 Å². The van der Waals surface area contributed by atoms with E-state index in [1.54, 1.807) is 6.07 Å². The summed E-state index contributed by atoms with van der Waals surface area (Å²) in [4.78, 5) is 10.8. The van der Waals surface area contributed by atoms with Gasteiger partial charge in [-0.05, 0) is 31.9 Å². The number of aldehydes is 1. The molecule has 0 amide bonds. The SMILES string of the molecule is CCCCCC[C@H](C)Oc1ccccc1C=O. The predicted molar refractivity (Wildman–Crippen MR) is 70.7 cm³/mol. The van der Waals surface area contributed by atoms with Crippen molar-refractivity contribution >= 4 is 6.29 Å². The molecule has 1 aromatic rings. The monoisotopic (exact) mass is 234 g/mol. The first-order valence-corrected chi connectivity index (χ1v) is 6.48. The van der Waals surface area contributed by atoms with Gasteiger partial charge in [0.1, 0.15) is 5.75 Å². The second-order valence-corrected chi connectivity index (χ2v) is 4.43. The Labute approximate surface area is 104 Å². The first kappa shape index (κ1) is 13.8. The van der Waals surface area contributed by atoms with Crippen LogP contribution in [0.2, 0.25) is 0 Å². The summed E-state index contributed by atoms with van der Waals surface area (Å²) in [6.07, 6.45) is 7.07. The first-order valence-electron chi connectivity index (χ1n) is 6.48. The van der Waals surface area contributed by atoms with Crippen molar-refractivity contribution in [1.82, 2.24) is 0 Å². The normalized spacial score (nSPS) is 12.1. The maximum atomic E-state index is 10.8. The molecular formula is C15H22O2. The van der Waals surface area contributed by atoms with Crippen LogP contribution in [0.4, 0.5) is 0 Å². The molecule has 1 rings (SSSR count). The van der Waals surface area contributed by atoms with E-state index in [1.807, 2.05) is 18.2 Å². The minimum Gasteiger partial charge on any atom is -0.490 e. The van der Waals surface area contributed by atoms with E-state index in [-0.39, 0.29) is 6.10 Å². The van der Waals surface area contributed by atoms with Crippen molar-refractivity contribution in [3.8, 4) is 5.75 Å². The number of unbranched alkanes of at least 4 members (excludes halogenated alkanes) is 3. The molecule has 0 aromatic heterocycles. The van der Waals surface area contributed by atoms with Crippen molar-refractivity contribution in [2.24, 2.45) is 0 Å². The summed E-state index contributed by atoms with van der Waals surface area (Å²) in [6, 6.07) is 7.38. The Morgan fingerprint density at radius 2 is 2.00 bits per heavy atom. The minimum absolute atomic E-state index is 0.174. The molecule has 2 heteroatoms. The summed E-state index contributed by atoms with van der Waals surface area (Å²) in [7, 11) is 0. The highest BCUT2D eigenvalue weighted by Crippen LogP contribution is 2.19. The molecule has 0 aliphatic rings. The van der Waals surface area contributed by atoms with Crippen LogP contribution < -0.4 is 4.74 Å². The molecule has 0 N–H and O–H groups in total. The van der Waals surface area contributed by atoms with Gasteiger partial charge in [-0.3, -0.25) is 4.79 Å². The lowest BCUT2D eigenvalue weighted by Crippen LogP contribution is -2.12. The van der Waals surface area contributed by atoms with Crippen molar-refractivity contribution in [2.45, 2.75) is 52.1 Å². The van der Waals surface area contributed by atoms with Crippen LogP contribution in [0.5, 0.6) is 5.75 Å². The average Bonchev–Trinajstić information content (AvgIpc) is 2.35. The van der Waals surface area contributed by atoms with E-state index >= 15 is 0 Å². The van der Waals surface area contributed by atoms with Gasteiger partial charge in [-0.1, -0.05) is 38.3 Å². The molecule has 0 unspecified atom stereocenters. The fourth-order valence-corrected chi connectivity index (χ4v) is 1.82. The molecule has 94 valence electrons. The van der Waals surface area contributed by atoms with E-state index in [4.69, 9.17) is 4.74 Å². The Kier molecular flexibility index (Phi) is 6.38. The Bertz CT molecular complexity index is 333. The van der Waals surface area contributed by atoms with Gasteiger partial charge in [0.25, 0.3) is 0 Å². The average molecular weight is 234 g/mol. The molecule has 1 atom stereocenters. The molecule has 0 bridgehead atoms. The molecule has 0 fully saturated rings. The van der Waals surface area contributed by atoms with Crippen LogP contribution in [-0.4, -0.2) is 12.4 Å². The van der Waals surface area contributed by atoms with E-state index in [1.165, 1.54) is 25.7 Å². The zero-order valence-electron chi connectivity index (χ0n) is 10.8. The highest BCUT2D eigenvalue weighted by atomic mass is 16.5. The van der Waals surface area contributed by atoms with Gasteiger partial charge >= 0.3 is 0 Å². The maximum absolute atomic E-state index is 10.8. The number of rotatable bonds is 8. The fraction of sp³-hybridized carbons (Fsp3) is 0.533. The van der Waals surface area contributed by atoms with Gasteiger partial charge in [0, 0.05) is 0 Å². The van der Waals surface area contributed by atoms with Crippen LogP contribution in [0.3, 0.4) is 0 Å². The van der Waals surface area contributed by atoms with Gasteiger partial charge in [0.05, 0.1) is 11.7 Å². The van der Waals surface area contributed by atoms with Crippen LogP contribution in [0.25, 0.3) is 0 Å². The summed E-state index contributed by atoms with van der Waals surface area (Å²) < 4.78 is 5.79. The van der Waals surface area contributed by atoms with Crippen molar-refractivity contribution in [3.63, 3.8) is 0 Å². The zero-order valence-corrected chi connectivity index (χ0v) is 10.8. The van der Waals surface area contributed by atoms with Crippen LogP contribution in [-0.2, 0) is 0 Å². The van der Waals surface area contributed by atoms with Crippen molar-refractivity contribution in [2.75, 3.05) is 0 Å². The molecule has 1 aromatic carbocycles. The Balaban J connectivity index is 2.39. The lowest BCUT2D eigenvalue weighted by Gasteiger charge is -2.15. The molecular weight excluding hydrogens is 212 g/mol. The Morgan fingerprint density at radius 1 is 1.24 bits per heavy atom. The second kappa shape index (κ2) is 7.88. The number of para-hydroxylation sites is 1. The number of hydrogen-bond acceptors (Lipinski definition) is 2. The standard InChI is InChI=1S/C15H22O2/c1-3-4-5-6-9-13(2)17-15-11-8-7-10-14(15)12-16/h7-8,10-13H,3-6,9H2,1-2H3/t13-/m0/s1. The summed E-state index contributed by atoms with van der Waals surface area (Å²) in [5.74, 6) is 0.700. The Morgan fingerprint density at radius 3 is 2.71 bits per heavy atom. The fourth-order valence-electron chi connectivity index (χ4n) is 1.82. The van der Waals surface area contributed by atoms with Crippen LogP contribution >= 0.6 is 0 Å². The van der Waals surface area contributed by atoms with Crippen LogP contribution in [0, 0.1) is 0 Å². The molecule has 0 heterocycles. The van der Waals surface area contributed by atoms with E-state index in [0.29, 0.717) is 11.3 Å². The number of ether oxygens (including phenoxy) is 1. The van der Waals surface area contributed by atoms with E-state index in [9.17, 15) is 4.79 Å². The van der Waals surface area contributed by atoms with Gasteiger partial charge in [-0.15, -0.1) is 0 Å². The first-order chi connectivity index (χ1) is 8.27. The van der Waals surface area contributed by atoms with Crippen LogP contribution in [0.15, 0.2) is 24.3 Å². The third-order valence-corrected chi connectivity index (χ3v) is 2.84. The van der Waals surface area contributed by atoms with E-state index < -0.39 is 0 Å². The van der Waals surface area contributed by atoms with Gasteiger partial charge in [0.2, 0.25) is 0 Å². The lowest BCUT2D eigenvalue weighted by molar-refractivity contribution is 0.111. The number of carbonyl (C=O) groups is 1. The number of hydrogen-bond donors (Lipinski definition) is 0. The molecule has 0 aliphatic carbocycles. The molecule has 0 radical (unpaired) electrons. The Hall–Kier alpha value is -1.31. The number of carbonyl (C=O) groups excluding carboxylic acids is 1. The van der Waals surface area contributed by atoms with Gasteiger partial charge in [-0.2, -0.15) is 0 Å². The lowest BCUT2D eigenvalue weighted by atomic mass is 10.1. The summed E-state index contributed by atoms with van der Waals surface area (Å²) in [6.45, 7) is 4.27. The second-order valence-electron chi connectivity index (χ2n) is 4.43. The van der Waals surface area contributed by atoms with Crippen molar-refractivity contribution < 1.29 is 9.53 Å². The van der Waals surface area contributed by atoms with Gasteiger partial charge in [-0.25, -0.2) is 0 Å². The predicted octanol–water partition coefficient (Wildman–Crippen LogP) is 4.24. The topological polar surface area (TPSA) is 26.3 Å². The van der Waals surface area contributed by atoms with Crippen molar-refractivity contribution in [3.05, 3.63) is 29.8 Å². The number of benzene rings is 1.